The van der Waals surface area contributed by atoms with Crippen LogP contribution in [0.3, 0.4) is 0 Å². The number of hydrogen-bond acceptors (Lipinski definition) is 4. The summed E-state index contributed by atoms with van der Waals surface area (Å²) < 4.78 is 11.2. The summed E-state index contributed by atoms with van der Waals surface area (Å²) in [6, 6.07) is 7.68. The van der Waals surface area contributed by atoms with Crippen LogP contribution in [0, 0.1) is 5.92 Å². The third-order valence-corrected chi connectivity index (χ3v) is 4.15. The Hall–Kier alpha value is -1.26. The van der Waals surface area contributed by atoms with Crippen LogP contribution in [0.1, 0.15) is 32.6 Å². The van der Waals surface area contributed by atoms with Crippen LogP contribution in [-0.2, 0) is 0 Å². The van der Waals surface area contributed by atoms with Crippen LogP contribution in [0.2, 0.25) is 0 Å². The second-order valence-electron chi connectivity index (χ2n) is 5.53. The summed E-state index contributed by atoms with van der Waals surface area (Å²) in [4.78, 5) is 0. The van der Waals surface area contributed by atoms with Gasteiger partial charge in [-0.05, 0) is 44.2 Å². The highest BCUT2D eigenvalue weighted by molar-refractivity contribution is 5.32. The molecule has 3 N–H and O–H groups in total. The van der Waals surface area contributed by atoms with E-state index in [1.807, 2.05) is 31.2 Å². The Morgan fingerprint density at radius 2 is 2.10 bits per heavy atom. The van der Waals surface area contributed by atoms with Crippen molar-refractivity contribution in [3.63, 3.8) is 0 Å². The second kappa shape index (κ2) is 6.95. The molecule has 1 fully saturated rings. The molecule has 0 aliphatic heterocycles. The molecule has 20 heavy (non-hydrogen) atoms. The molecule has 1 aliphatic carbocycles. The Labute approximate surface area is 120 Å². The van der Waals surface area contributed by atoms with Crippen LogP contribution in [0.5, 0.6) is 11.5 Å². The topological polar surface area (TPSA) is 64.7 Å². The second-order valence-corrected chi connectivity index (χ2v) is 5.53. The minimum Gasteiger partial charge on any atom is -0.494 e. The third-order valence-electron chi connectivity index (χ3n) is 4.15. The maximum Gasteiger partial charge on any atom is 0.122 e. The molecular formula is C16H25NO3. The molecule has 1 aliphatic rings. The Morgan fingerprint density at radius 1 is 1.35 bits per heavy atom. The minimum atomic E-state index is -0.406. The number of benzene rings is 1. The standard InChI is InChI=1S/C16H25NO3/c1-2-19-14-6-3-7-15(11-14)20-10-8-13-5-4-9-16(13,17)12-18/h3,6-7,11,13,18H,2,4-5,8-10,12,17H2,1H3. The minimum absolute atomic E-state index is 0.0670. The van der Waals surface area contributed by atoms with Gasteiger partial charge < -0.3 is 20.3 Å². The molecule has 1 aromatic carbocycles. The maximum absolute atomic E-state index is 9.43. The Morgan fingerprint density at radius 3 is 2.80 bits per heavy atom. The lowest BCUT2D eigenvalue weighted by molar-refractivity contribution is 0.143. The van der Waals surface area contributed by atoms with Crippen molar-refractivity contribution in [1.82, 2.24) is 0 Å². The van der Waals surface area contributed by atoms with Gasteiger partial charge in [-0.25, -0.2) is 0 Å². The number of aliphatic hydroxyl groups is 1. The predicted octanol–water partition coefficient (Wildman–Crippen LogP) is 2.34. The number of aliphatic hydroxyl groups excluding tert-OH is 1. The lowest BCUT2D eigenvalue weighted by Gasteiger charge is -2.29. The van der Waals surface area contributed by atoms with E-state index in [-0.39, 0.29) is 6.61 Å². The first-order valence-electron chi connectivity index (χ1n) is 7.43. The SMILES string of the molecule is CCOc1cccc(OCCC2CCCC2(N)CO)c1. The van der Waals surface area contributed by atoms with E-state index in [1.54, 1.807) is 0 Å². The lowest BCUT2D eigenvalue weighted by atomic mass is 9.87. The molecular weight excluding hydrogens is 254 g/mol. The average Bonchev–Trinajstić information content (AvgIpc) is 2.82. The lowest BCUT2D eigenvalue weighted by Crippen LogP contribution is -2.47. The highest BCUT2D eigenvalue weighted by Gasteiger charge is 2.38. The van der Waals surface area contributed by atoms with E-state index in [0.29, 0.717) is 19.1 Å². The third kappa shape index (κ3) is 3.64. The molecule has 112 valence electrons. The predicted molar refractivity (Wildman–Crippen MR) is 79.1 cm³/mol. The van der Waals surface area contributed by atoms with Gasteiger partial charge in [-0.1, -0.05) is 12.5 Å². The molecule has 0 radical (unpaired) electrons. The molecule has 0 heterocycles. The van der Waals surface area contributed by atoms with Gasteiger partial charge in [0.15, 0.2) is 0 Å². The monoisotopic (exact) mass is 279 g/mol. The summed E-state index contributed by atoms with van der Waals surface area (Å²) in [6.07, 6.45) is 3.98. The van der Waals surface area contributed by atoms with Crippen LogP contribution in [-0.4, -0.2) is 30.5 Å². The summed E-state index contributed by atoms with van der Waals surface area (Å²) in [7, 11) is 0. The number of hydrogen-bond donors (Lipinski definition) is 2. The smallest absolute Gasteiger partial charge is 0.122 e. The largest absolute Gasteiger partial charge is 0.494 e. The molecule has 0 bridgehead atoms. The fraction of sp³-hybridized carbons (Fsp3) is 0.625. The first-order valence-corrected chi connectivity index (χ1v) is 7.43. The fourth-order valence-corrected chi connectivity index (χ4v) is 2.95. The summed E-state index contributed by atoms with van der Waals surface area (Å²) in [5, 5.41) is 9.43. The first-order chi connectivity index (χ1) is 9.68. The van der Waals surface area contributed by atoms with Crippen LogP contribution in [0.25, 0.3) is 0 Å². The van der Waals surface area contributed by atoms with Crippen molar-refractivity contribution in [2.24, 2.45) is 11.7 Å². The zero-order valence-electron chi connectivity index (χ0n) is 12.2. The molecule has 1 saturated carbocycles. The van der Waals surface area contributed by atoms with Gasteiger partial charge in [0.25, 0.3) is 0 Å². The van der Waals surface area contributed by atoms with Gasteiger partial charge in [-0.3, -0.25) is 0 Å². The zero-order valence-corrected chi connectivity index (χ0v) is 12.2. The van der Waals surface area contributed by atoms with E-state index < -0.39 is 5.54 Å². The van der Waals surface area contributed by atoms with Crippen molar-refractivity contribution < 1.29 is 14.6 Å². The average molecular weight is 279 g/mol. The number of rotatable bonds is 7. The molecule has 0 amide bonds. The molecule has 0 saturated heterocycles. The van der Waals surface area contributed by atoms with E-state index in [2.05, 4.69) is 0 Å². The van der Waals surface area contributed by atoms with Crippen LogP contribution < -0.4 is 15.2 Å². The summed E-state index contributed by atoms with van der Waals surface area (Å²) in [5.41, 5.74) is 5.81. The van der Waals surface area contributed by atoms with Gasteiger partial charge in [0.2, 0.25) is 0 Å². The quantitative estimate of drug-likeness (QED) is 0.804. The van der Waals surface area contributed by atoms with Crippen molar-refractivity contribution in [2.45, 2.75) is 38.1 Å². The molecule has 0 aromatic heterocycles. The van der Waals surface area contributed by atoms with E-state index in [1.165, 1.54) is 0 Å². The van der Waals surface area contributed by atoms with E-state index in [4.69, 9.17) is 15.2 Å². The summed E-state index contributed by atoms with van der Waals surface area (Å²) >= 11 is 0. The molecule has 2 atom stereocenters. The molecule has 1 aromatic rings. The van der Waals surface area contributed by atoms with Crippen molar-refractivity contribution in [3.8, 4) is 11.5 Å². The van der Waals surface area contributed by atoms with Gasteiger partial charge >= 0.3 is 0 Å². The summed E-state index contributed by atoms with van der Waals surface area (Å²) in [6.45, 7) is 3.30. The highest BCUT2D eigenvalue weighted by atomic mass is 16.5. The molecule has 2 unspecified atom stereocenters. The van der Waals surface area contributed by atoms with Crippen molar-refractivity contribution >= 4 is 0 Å². The fourth-order valence-electron chi connectivity index (χ4n) is 2.95. The van der Waals surface area contributed by atoms with Crippen LogP contribution in [0.15, 0.2) is 24.3 Å². The molecule has 2 rings (SSSR count). The van der Waals surface area contributed by atoms with Crippen molar-refractivity contribution in [2.75, 3.05) is 19.8 Å². The Balaban J connectivity index is 1.82. The van der Waals surface area contributed by atoms with Crippen molar-refractivity contribution in [1.29, 1.82) is 0 Å². The van der Waals surface area contributed by atoms with Crippen LogP contribution >= 0.6 is 0 Å². The molecule has 0 spiro atoms. The van der Waals surface area contributed by atoms with Crippen molar-refractivity contribution in [3.05, 3.63) is 24.3 Å². The maximum atomic E-state index is 9.43. The van der Waals surface area contributed by atoms with Gasteiger partial charge in [0.05, 0.1) is 19.8 Å². The van der Waals surface area contributed by atoms with Crippen LogP contribution in [0.4, 0.5) is 0 Å². The number of ether oxygens (including phenoxy) is 2. The number of nitrogens with two attached hydrogens (primary N) is 1. The van der Waals surface area contributed by atoms with Gasteiger partial charge in [0, 0.05) is 11.6 Å². The zero-order chi connectivity index (χ0) is 14.4. The molecule has 4 nitrogen and oxygen atoms in total. The van der Waals surface area contributed by atoms with E-state index in [0.717, 1.165) is 37.2 Å². The molecule has 4 heteroatoms. The van der Waals surface area contributed by atoms with Gasteiger partial charge in [-0.15, -0.1) is 0 Å². The van der Waals surface area contributed by atoms with Gasteiger partial charge in [0.1, 0.15) is 11.5 Å². The summed E-state index contributed by atoms with van der Waals surface area (Å²) in [5.74, 6) is 2.00. The van der Waals surface area contributed by atoms with E-state index in [9.17, 15) is 5.11 Å². The van der Waals surface area contributed by atoms with E-state index >= 15 is 0 Å². The highest BCUT2D eigenvalue weighted by Crippen LogP contribution is 2.35. The first kappa shape index (κ1) is 15.1. The van der Waals surface area contributed by atoms with Gasteiger partial charge in [-0.2, -0.15) is 0 Å². The Kier molecular flexibility index (Phi) is 5.26. The Bertz CT molecular complexity index is 424. The normalized spacial score (nSPS) is 25.6.